The molecule has 1 nitrogen and oxygen atoms in total. The van der Waals surface area contributed by atoms with Crippen molar-refractivity contribution in [3.05, 3.63) is 0 Å². The molecule has 7 heavy (non-hydrogen) atoms. The van der Waals surface area contributed by atoms with Crippen molar-refractivity contribution in [1.82, 2.24) is 0 Å². The first-order chi connectivity index (χ1) is 3.00. The van der Waals surface area contributed by atoms with Gasteiger partial charge in [0.05, 0.1) is 0 Å². The van der Waals surface area contributed by atoms with Gasteiger partial charge in [-0.25, -0.2) is 0 Å². The normalized spacial score (nSPS) is 20.6. The summed E-state index contributed by atoms with van der Waals surface area (Å²) in [5.41, 5.74) is 0. The molecular formula is C5H10HfO. The fourth-order valence-electron chi connectivity index (χ4n) is 0.687. The number of hydrogen-bond acceptors (Lipinski definition) is 1. The molecule has 0 unspecified atom stereocenters. The van der Waals surface area contributed by atoms with Crippen LogP contribution in [0.15, 0.2) is 0 Å². The second-order valence-electron chi connectivity index (χ2n) is 1.67. The van der Waals surface area contributed by atoms with E-state index < -0.39 is 0 Å². The summed E-state index contributed by atoms with van der Waals surface area (Å²) in [6.45, 7) is 2.00. The SMILES string of the molecule is C1CCOCC1.[Hf]. The second kappa shape index (κ2) is 4.98. The van der Waals surface area contributed by atoms with Gasteiger partial charge in [0.25, 0.3) is 0 Å². The third-order valence-corrected chi connectivity index (χ3v) is 1.08. The predicted octanol–water partition coefficient (Wildman–Crippen LogP) is 1.18. The average Bonchev–Trinajstić information content (AvgIpc) is 1.72. The molecule has 0 aromatic carbocycles. The van der Waals surface area contributed by atoms with Crippen molar-refractivity contribution in [3.63, 3.8) is 0 Å². The van der Waals surface area contributed by atoms with Gasteiger partial charge in [-0.05, 0) is 19.3 Å². The van der Waals surface area contributed by atoms with E-state index in [1.807, 2.05) is 0 Å². The summed E-state index contributed by atoms with van der Waals surface area (Å²) in [5, 5.41) is 0. The minimum absolute atomic E-state index is 0. The molecule has 0 saturated carbocycles. The molecular weight excluding hydrogens is 255 g/mol. The number of ether oxygens (including phenoxy) is 1. The van der Waals surface area contributed by atoms with Gasteiger partial charge in [0.15, 0.2) is 0 Å². The topological polar surface area (TPSA) is 9.23 Å². The standard InChI is InChI=1S/C5H10O.Hf/c1-2-4-6-5-3-1;/h1-5H2;. The van der Waals surface area contributed by atoms with Gasteiger partial charge in [-0.15, -0.1) is 0 Å². The van der Waals surface area contributed by atoms with E-state index in [9.17, 15) is 0 Å². The summed E-state index contributed by atoms with van der Waals surface area (Å²) in [6, 6.07) is 0. The Morgan fingerprint density at radius 3 is 1.57 bits per heavy atom. The quantitative estimate of drug-likeness (QED) is 0.597. The van der Waals surface area contributed by atoms with E-state index in [0.717, 1.165) is 13.2 Å². The molecule has 0 bridgehead atoms. The number of rotatable bonds is 0. The van der Waals surface area contributed by atoms with Crippen LogP contribution in [0.3, 0.4) is 0 Å². The van der Waals surface area contributed by atoms with Crippen LogP contribution in [0.1, 0.15) is 19.3 Å². The van der Waals surface area contributed by atoms with Crippen LogP contribution < -0.4 is 0 Å². The van der Waals surface area contributed by atoms with Crippen LogP contribution in [0.5, 0.6) is 0 Å². The zero-order chi connectivity index (χ0) is 4.24. The zero-order valence-corrected chi connectivity index (χ0v) is 8.04. The molecule has 1 aliphatic heterocycles. The average molecular weight is 265 g/mol. The van der Waals surface area contributed by atoms with Gasteiger partial charge in [0.1, 0.15) is 0 Å². The first-order valence-electron chi connectivity index (χ1n) is 2.58. The van der Waals surface area contributed by atoms with Crippen molar-refractivity contribution in [3.8, 4) is 0 Å². The minimum atomic E-state index is 0. The largest absolute Gasteiger partial charge is 0.381 e. The van der Waals surface area contributed by atoms with Crippen molar-refractivity contribution >= 4 is 0 Å². The van der Waals surface area contributed by atoms with Gasteiger partial charge < -0.3 is 4.74 Å². The van der Waals surface area contributed by atoms with Crippen molar-refractivity contribution in [2.45, 2.75) is 19.3 Å². The van der Waals surface area contributed by atoms with E-state index in [-0.39, 0.29) is 25.8 Å². The molecule has 1 heterocycles. The molecule has 40 valence electrons. The molecule has 0 N–H and O–H groups in total. The van der Waals surface area contributed by atoms with Crippen LogP contribution in [0, 0.1) is 0 Å². The van der Waals surface area contributed by atoms with E-state index in [1.165, 1.54) is 19.3 Å². The molecule has 0 aromatic heterocycles. The van der Waals surface area contributed by atoms with Crippen LogP contribution in [-0.4, -0.2) is 13.2 Å². The summed E-state index contributed by atoms with van der Waals surface area (Å²) < 4.78 is 5.07. The maximum absolute atomic E-state index is 5.07. The van der Waals surface area contributed by atoms with Crippen LogP contribution >= 0.6 is 0 Å². The first kappa shape index (κ1) is 7.83. The monoisotopic (exact) mass is 266 g/mol. The van der Waals surface area contributed by atoms with E-state index in [0.29, 0.717) is 0 Å². The van der Waals surface area contributed by atoms with E-state index in [4.69, 9.17) is 4.74 Å². The van der Waals surface area contributed by atoms with Gasteiger partial charge in [-0.1, -0.05) is 0 Å². The Morgan fingerprint density at radius 2 is 1.43 bits per heavy atom. The Kier molecular flexibility index (Phi) is 5.57. The van der Waals surface area contributed by atoms with Crippen LogP contribution in [0.25, 0.3) is 0 Å². The maximum Gasteiger partial charge on any atom is 0.0466 e. The van der Waals surface area contributed by atoms with Crippen molar-refractivity contribution < 1.29 is 30.6 Å². The molecule has 1 aliphatic rings. The van der Waals surface area contributed by atoms with Gasteiger partial charge in [0, 0.05) is 39.1 Å². The molecule has 0 atom stereocenters. The number of hydrogen-bond donors (Lipinski definition) is 0. The summed E-state index contributed by atoms with van der Waals surface area (Å²) in [6.07, 6.45) is 3.93. The van der Waals surface area contributed by atoms with Gasteiger partial charge >= 0.3 is 0 Å². The zero-order valence-electron chi connectivity index (χ0n) is 4.44. The van der Waals surface area contributed by atoms with Crippen LogP contribution in [-0.2, 0) is 30.6 Å². The van der Waals surface area contributed by atoms with Crippen molar-refractivity contribution in [2.75, 3.05) is 13.2 Å². The molecule has 0 aromatic rings. The maximum atomic E-state index is 5.07. The predicted molar refractivity (Wildman–Crippen MR) is 24.7 cm³/mol. The van der Waals surface area contributed by atoms with Crippen molar-refractivity contribution in [2.24, 2.45) is 0 Å². The summed E-state index contributed by atoms with van der Waals surface area (Å²) in [4.78, 5) is 0. The van der Waals surface area contributed by atoms with Crippen LogP contribution in [0.4, 0.5) is 0 Å². The fourth-order valence-corrected chi connectivity index (χ4v) is 0.687. The Morgan fingerprint density at radius 1 is 0.857 bits per heavy atom. The molecule has 1 fully saturated rings. The summed E-state index contributed by atoms with van der Waals surface area (Å²) in [5.74, 6) is 0. The fraction of sp³-hybridized carbons (Fsp3) is 1.00. The van der Waals surface area contributed by atoms with E-state index >= 15 is 0 Å². The van der Waals surface area contributed by atoms with Crippen molar-refractivity contribution in [1.29, 1.82) is 0 Å². The van der Waals surface area contributed by atoms with Gasteiger partial charge in [-0.2, -0.15) is 0 Å². The van der Waals surface area contributed by atoms with Gasteiger partial charge in [0.2, 0.25) is 0 Å². The second-order valence-corrected chi connectivity index (χ2v) is 1.67. The Balaban J connectivity index is 0.000000360. The third-order valence-electron chi connectivity index (χ3n) is 1.08. The third kappa shape index (κ3) is 3.42. The van der Waals surface area contributed by atoms with E-state index in [1.54, 1.807) is 0 Å². The molecule has 0 radical (unpaired) electrons. The smallest absolute Gasteiger partial charge is 0.0466 e. The molecule has 0 spiro atoms. The molecule has 1 rings (SSSR count). The van der Waals surface area contributed by atoms with E-state index in [2.05, 4.69) is 0 Å². The minimum Gasteiger partial charge on any atom is -0.381 e. The Hall–Kier alpha value is 0.830. The Labute approximate surface area is 63.2 Å². The van der Waals surface area contributed by atoms with Crippen LogP contribution in [0.2, 0.25) is 0 Å². The van der Waals surface area contributed by atoms with Gasteiger partial charge in [-0.3, -0.25) is 0 Å². The Bertz CT molecular complexity index is 23.6. The molecule has 0 amide bonds. The molecule has 0 aliphatic carbocycles. The summed E-state index contributed by atoms with van der Waals surface area (Å²) in [7, 11) is 0. The molecule has 2 heteroatoms. The first-order valence-corrected chi connectivity index (χ1v) is 2.58. The summed E-state index contributed by atoms with van der Waals surface area (Å²) >= 11 is 0. The molecule has 1 saturated heterocycles.